The van der Waals surface area contributed by atoms with E-state index in [0.717, 1.165) is 24.2 Å². The number of hydrogen-bond acceptors (Lipinski definition) is 3. The molecule has 19 heavy (non-hydrogen) atoms. The van der Waals surface area contributed by atoms with Crippen molar-refractivity contribution in [2.24, 2.45) is 0 Å². The molecule has 0 fully saturated rings. The molecule has 0 aliphatic heterocycles. The van der Waals surface area contributed by atoms with Crippen LogP contribution in [-0.4, -0.2) is 21.3 Å². The fourth-order valence-electron chi connectivity index (χ4n) is 2.14. The summed E-state index contributed by atoms with van der Waals surface area (Å²) in [4.78, 5) is 4.18. The smallest absolute Gasteiger partial charge is 0.0948 e. The molecule has 0 amide bonds. The van der Waals surface area contributed by atoms with Gasteiger partial charge < -0.3 is 15.0 Å². The molecule has 0 radical (unpaired) electrons. The molecule has 0 bridgehead atoms. The third-order valence-electron chi connectivity index (χ3n) is 3.18. The Morgan fingerprint density at radius 3 is 2.79 bits per heavy atom. The van der Waals surface area contributed by atoms with E-state index in [1.807, 2.05) is 42.9 Å². The number of imidazole rings is 1. The van der Waals surface area contributed by atoms with Crippen LogP contribution in [0, 0.1) is 0 Å². The lowest BCUT2D eigenvalue weighted by Gasteiger charge is -2.17. The summed E-state index contributed by atoms with van der Waals surface area (Å²) in [5.41, 5.74) is 2.25. The van der Waals surface area contributed by atoms with E-state index < -0.39 is 0 Å². The van der Waals surface area contributed by atoms with Crippen molar-refractivity contribution in [3.8, 4) is 0 Å². The molecule has 0 aliphatic rings. The van der Waals surface area contributed by atoms with Gasteiger partial charge in [0.25, 0.3) is 0 Å². The molecule has 0 saturated heterocycles. The van der Waals surface area contributed by atoms with Gasteiger partial charge in [-0.3, -0.25) is 0 Å². The first kappa shape index (κ1) is 13.8. The van der Waals surface area contributed by atoms with Crippen molar-refractivity contribution in [1.29, 1.82) is 0 Å². The van der Waals surface area contributed by atoms with Crippen molar-refractivity contribution in [3.63, 3.8) is 0 Å². The van der Waals surface area contributed by atoms with Crippen LogP contribution >= 0.6 is 0 Å². The van der Waals surface area contributed by atoms with E-state index in [1.54, 1.807) is 0 Å². The lowest BCUT2D eigenvalue weighted by atomic mass is 10.1. The first-order valence-corrected chi connectivity index (χ1v) is 6.73. The normalized spacial score (nSPS) is 12.5. The minimum absolute atomic E-state index is 0.0359. The van der Waals surface area contributed by atoms with Gasteiger partial charge in [-0.05, 0) is 12.0 Å². The van der Waals surface area contributed by atoms with Crippen LogP contribution in [0.15, 0.2) is 42.9 Å². The standard InChI is InChI=1S/C15H21N3O/c1-2-8-18-12-16-9-14(18)10-17-15(11-19)13-6-4-3-5-7-13/h3-7,9,12,15,17,19H,2,8,10-11H2,1H3/t15-/m1/s1. The topological polar surface area (TPSA) is 50.1 Å². The Bertz CT molecular complexity index is 481. The third-order valence-corrected chi connectivity index (χ3v) is 3.18. The summed E-state index contributed by atoms with van der Waals surface area (Å²) in [6.07, 6.45) is 4.82. The van der Waals surface area contributed by atoms with Crippen molar-refractivity contribution >= 4 is 0 Å². The van der Waals surface area contributed by atoms with Crippen LogP contribution in [0.25, 0.3) is 0 Å². The highest BCUT2D eigenvalue weighted by Crippen LogP contribution is 2.12. The van der Waals surface area contributed by atoms with E-state index in [1.165, 1.54) is 0 Å². The molecule has 1 aromatic carbocycles. The maximum Gasteiger partial charge on any atom is 0.0948 e. The second-order valence-electron chi connectivity index (χ2n) is 4.61. The number of aliphatic hydroxyl groups is 1. The number of nitrogens with one attached hydrogen (secondary N) is 1. The van der Waals surface area contributed by atoms with E-state index in [0.29, 0.717) is 6.54 Å². The zero-order valence-electron chi connectivity index (χ0n) is 11.3. The maximum atomic E-state index is 9.50. The fourth-order valence-corrected chi connectivity index (χ4v) is 2.14. The highest BCUT2D eigenvalue weighted by atomic mass is 16.3. The van der Waals surface area contributed by atoms with Gasteiger partial charge in [0.2, 0.25) is 0 Å². The zero-order valence-corrected chi connectivity index (χ0v) is 11.3. The molecule has 2 N–H and O–H groups in total. The molecule has 1 atom stereocenters. The molecule has 4 heteroatoms. The molecule has 1 aromatic heterocycles. The van der Waals surface area contributed by atoms with E-state index in [4.69, 9.17) is 0 Å². The summed E-state index contributed by atoms with van der Waals surface area (Å²) in [6.45, 7) is 3.93. The minimum atomic E-state index is -0.0359. The molecule has 2 rings (SSSR count). The third kappa shape index (κ3) is 3.66. The molecule has 0 spiro atoms. The average Bonchev–Trinajstić information content (AvgIpc) is 2.89. The average molecular weight is 259 g/mol. The minimum Gasteiger partial charge on any atom is -0.394 e. The Labute approximate surface area is 114 Å². The Hall–Kier alpha value is -1.65. The van der Waals surface area contributed by atoms with Gasteiger partial charge in [-0.1, -0.05) is 37.3 Å². The van der Waals surface area contributed by atoms with Crippen molar-refractivity contribution in [2.75, 3.05) is 6.61 Å². The number of aromatic nitrogens is 2. The summed E-state index contributed by atoms with van der Waals surface area (Å²) < 4.78 is 2.15. The maximum absolute atomic E-state index is 9.50. The van der Waals surface area contributed by atoms with Crippen molar-refractivity contribution in [3.05, 3.63) is 54.1 Å². The van der Waals surface area contributed by atoms with Crippen LogP contribution in [0.1, 0.15) is 30.6 Å². The van der Waals surface area contributed by atoms with Gasteiger partial charge in [-0.15, -0.1) is 0 Å². The molecule has 4 nitrogen and oxygen atoms in total. The Kier molecular flexibility index (Phi) is 5.12. The first-order chi connectivity index (χ1) is 9.35. The molecule has 1 heterocycles. The number of benzene rings is 1. The lowest BCUT2D eigenvalue weighted by Crippen LogP contribution is -2.25. The summed E-state index contributed by atoms with van der Waals surface area (Å²) in [5, 5.41) is 12.9. The zero-order chi connectivity index (χ0) is 13.5. The van der Waals surface area contributed by atoms with Crippen LogP contribution in [0.5, 0.6) is 0 Å². The fraction of sp³-hybridized carbons (Fsp3) is 0.400. The molecule has 0 unspecified atom stereocenters. The highest BCUT2D eigenvalue weighted by Gasteiger charge is 2.10. The van der Waals surface area contributed by atoms with Crippen LogP contribution < -0.4 is 5.32 Å². The van der Waals surface area contributed by atoms with E-state index in [-0.39, 0.29) is 12.6 Å². The molecule has 2 aromatic rings. The van der Waals surface area contributed by atoms with Gasteiger partial charge in [0, 0.05) is 19.3 Å². The number of aryl methyl sites for hydroxylation is 1. The van der Waals surface area contributed by atoms with Crippen molar-refractivity contribution in [1.82, 2.24) is 14.9 Å². The van der Waals surface area contributed by atoms with Gasteiger partial charge in [-0.25, -0.2) is 4.98 Å². The summed E-state index contributed by atoms with van der Waals surface area (Å²) in [5.74, 6) is 0. The summed E-state index contributed by atoms with van der Waals surface area (Å²) >= 11 is 0. The molecule has 0 aliphatic carbocycles. The number of nitrogens with zero attached hydrogens (tertiary/aromatic N) is 2. The van der Waals surface area contributed by atoms with Crippen molar-refractivity contribution in [2.45, 2.75) is 32.5 Å². The Balaban J connectivity index is 1.98. The molecular formula is C15H21N3O. The highest BCUT2D eigenvalue weighted by molar-refractivity contribution is 5.19. The van der Waals surface area contributed by atoms with Crippen LogP contribution in [0.2, 0.25) is 0 Å². The summed E-state index contributed by atoms with van der Waals surface area (Å²) in [7, 11) is 0. The van der Waals surface area contributed by atoms with Gasteiger partial charge in [0.1, 0.15) is 0 Å². The molecule has 102 valence electrons. The molecular weight excluding hydrogens is 238 g/mol. The van der Waals surface area contributed by atoms with Crippen LogP contribution in [0.3, 0.4) is 0 Å². The largest absolute Gasteiger partial charge is 0.394 e. The second-order valence-corrected chi connectivity index (χ2v) is 4.61. The lowest BCUT2D eigenvalue weighted by molar-refractivity contribution is 0.243. The predicted molar refractivity (Wildman–Crippen MR) is 75.6 cm³/mol. The van der Waals surface area contributed by atoms with E-state index in [9.17, 15) is 5.11 Å². The van der Waals surface area contributed by atoms with Gasteiger partial charge in [0.05, 0.1) is 24.7 Å². The van der Waals surface area contributed by atoms with Crippen LogP contribution in [-0.2, 0) is 13.1 Å². The quantitative estimate of drug-likeness (QED) is 0.800. The molecule has 0 saturated carbocycles. The van der Waals surface area contributed by atoms with E-state index >= 15 is 0 Å². The first-order valence-electron chi connectivity index (χ1n) is 6.73. The number of rotatable bonds is 7. The van der Waals surface area contributed by atoms with Gasteiger partial charge in [0.15, 0.2) is 0 Å². The van der Waals surface area contributed by atoms with E-state index in [2.05, 4.69) is 21.8 Å². The van der Waals surface area contributed by atoms with Crippen molar-refractivity contribution < 1.29 is 5.11 Å². The number of hydrogen-bond donors (Lipinski definition) is 2. The van der Waals surface area contributed by atoms with Gasteiger partial charge >= 0.3 is 0 Å². The van der Waals surface area contributed by atoms with Crippen LogP contribution in [0.4, 0.5) is 0 Å². The predicted octanol–water partition coefficient (Wildman–Crippen LogP) is 2.12. The second kappa shape index (κ2) is 7.07. The SMILES string of the molecule is CCCn1cncc1CN[C@H](CO)c1ccccc1. The Morgan fingerprint density at radius 2 is 2.11 bits per heavy atom. The monoisotopic (exact) mass is 259 g/mol. The summed E-state index contributed by atoms with van der Waals surface area (Å²) in [6, 6.07) is 9.97. The Morgan fingerprint density at radius 1 is 1.32 bits per heavy atom. The number of aliphatic hydroxyl groups excluding tert-OH is 1. The van der Waals surface area contributed by atoms with Gasteiger partial charge in [-0.2, -0.15) is 0 Å².